The van der Waals surface area contributed by atoms with E-state index in [4.69, 9.17) is 0 Å². The summed E-state index contributed by atoms with van der Waals surface area (Å²) in [5, 5.41) is 0.705. The molecule has 1 fully saturated rings. The van der Waals surface area contributed by atoms with E-state index in [0.29, 0.717) is 11.1 Å². The summed E-state index contributed by atoms with van der Waals surface area (Å²) in [5.74, 6) is -0.539. The number of carbonyl (C=O) groups is 1. The molecule has 1 atom stereocenters. The number of carbonyl (C=O) groups excluding carboxylic acids is 1. The van der Waals surface area contributed by atoms with Crippen LogP contribution in [0.25, 0.3) is 10.9 Å². The van der Waals surface area contributed by atoms with Gasteiger partial charge >= 0.3 is 0 Å². The van der Waals surface area contributed by atoms with Gasteiger partial charge in [-0.05, 0) is 56.5 Å². The Labute approximate surface area is 177 Å². The summed E-state index contributed by atoms with van der Waals surface area (Å²) in [5.41, 5.74) is 1.92. The molecule has 2 aromatic carbocycles. The van der Waals surface area contributed by atoms with Crippen LogP contribution in [0, 0.1) is 5.82 Å². The van der Waals surface area contributed by atoms with Crippen LogP contribution in [0.5, 0.6) is 0 Å². The van der Waals surface area contributed by atoms with Gasteiger partial charge < -0.3 is 9.80 Å². The molecule has 1 aromatic heterocycles. The number of rotatable bonds is 6. The minimum absolute atomic E-state index is 0.142. The first-order chi connectivity index (χ1) is 14.6. The Bertz CT molecular complexity index is 1010. The predicted octanol–water partition coefficient (Wildman–Crippen LogP) is 4.54. The van der Waals surface area contributed by atoms with E-state index in [0.717, 1.165) is 45.3 Å². The van der Waals surface area contributed by atoms with Crippen LogP contribution < -0.4 is 0 Å². The fraction of sp³-hybridized carbons (Fsp3) is 0.360. The zero-order valence-corrected chi connectivity index (χ0v) is 17.4. The molecule has 3 aromatic rings. The lowest BCUT2D eigenvalue weighted by molar-refractivity contribution is 0.0611. The molecule has 156 valence electrons. The Morgan fingerprint density at radius 2 is 1.97 bits per heavy atom. The Kier molecular flexibility index (Phi) is 6.38. The van der Waals surface area contributed by atoms with Crippen molar-refractivity contribution in [1.82, 2.24) is 14.8 Å². The number of para-hydroxylation sites is 1. The van der Waals surface area contributed by atoms with Crippen molar-refractivity contribution in [2.24, 2.45) is 0 Å². The van der Waals surface area contributed by atoms with Crippen molar-refractivity contribution in [3.05, 3.63) is 77.7 Å². The lowest BCUT2D eigenvalue weighted by atomic mass is 10.0. The molecule has 1 aliphatic rings. The van der Waals surface area contributed by atoms with E-state index in [1.165, 1.54) is 11.6 Å². The van der Waals surface area contributed by atoms with Crippen LogP contribution in [-0.2, 0) is 6.42 Å². The molecule has 0 N–H and O–H groups in total. The van der Waals surface area contributed by atoms with E-state index >= 15 is 0 Å². The van der Waals surface area contributed by atoms with Crippen molar-refractivity contribution in [3.63, 3.8) is 0 Å². The number of fused-ring (bicyclic) bond motifs is 1. The summed E-state index contributed by atoms with van der Waals surface area (Å²) in [6.45, 7) is 2.98. The van der Waals surface area contributed by atoms with Crippen LogP contribution >= 0.6 is 0 Å². The second kappa shape index (κ2) is 9.35. The van der Waals surface area contributed by atoms with Crippen molar-refractivity contribution in [3.8, 4) is 0 Å². The maximum Gasteiger partial charge on any atom is 0.272 e. The third kappa shape index (κ3) is 4.68. The predicted molar refractivity (Wildman–Crippen MR) is 118 cm³/mol. The fourth-order valence-electron chi connectivity index (χ4n) is 4.28. The number of likely N-dealkylation sites (tertiary alicyclic amines) is 1. The molecule has 0 saturated carbocycles. The normalized spacial score (nSPS) is 17.2. The lowest BCUT2D eigenvalue weighted by Crippen LogP contribution is -2.48. The van der Waals surface area contributed by atoms with Gasteiger partial charge in [-0.25, -0.2) is 9.37 Å². The standard InChI is InChI=1S/C25H28FN3O/c1-28(25(30)23-15-14-20-11-5-13-22(26)24(20)27-23)21-12-7-17-29(18-21)16-6-10-19-8-3-2-4-9-19/h2-5,8-9,11,13-15,21H,6-7,10,12,16-18H2,1H3/t21-/m0/s1. The minimum atomic E-state index is -0.396. The van der Waals surface area contributed by atoms with Crippen molar-refractivity contribution in [2.75, 3.05) is 26.7 Å². The number of hydrogen-bond acceptors (Lipinski definition) is 3. The molecule has 0 aliphatic carbocycles. The van der Waals surface area contributed by atoms with Crippen molar-refractivity contribution in [2.45, 2.75) is 31.7 Å². The summed E-state index contributed by atoms with van der Waals surface area (Å²) >= 11 is 0. The van der Waals surface area contributed by atoms with Gasteiger partial charge in [-0.1, -0.05) is 48.5 Å². The quantitative estimate of drug-likeness (QED) is 0.604. The first kappa shape index (κ1) is 20.5. The summed E-state index contributed by atoms with van der Waals surface area (Å²) < 4.78 is 14.1. The first-order valence-electron chi connectivity index (χ1n) is 10.7. The smallest absolute Gasteiger partial charge is 0.272 e. The highest BCUT2D eigenvalue weighted by atomic mass is 19.1. The molecule has 1 amide bonds. The number of halogens is 1. The van der Waals surface area contributed by atoms with Crippen LogP contribution in [0.2, 0.25) is 0 Å². The third-order valence-electron chi connectivity index (χ3n) is 6.02. The monoisotopic (exact) mass is 405 g/mol. The van der Waals surface area contributed by atoms with E-state index in [1.54, 1.807) is 29.2 Å². The highest BCUT2D eigenvalue weighted by molar-refractivity contribution is 5.95. The van der Waals surface area contributed by atoms with Gasteiger partial charge in [0.1, 0.15) is 17.0 Å². The Hall–Kier alpha value is -2.79. The topological polar surface area (TPSA) is 36.4 Å². The van der Waals surface area contributed by atoms with Gasteiger partial charge in [-0.15, -0.1) is 0 Å². The number of benzene rings is 2. The molecule has 2 heterocycles. The van der Waals surface area contributed by atoms with Crippen molar-refractivity contribution < 1.29 is 9.18 Å². The largest absolute Gasteiger partial charge is 0.336 e. The van der Waals surface area contributed by atoms with E-state index < -0.39 is 5.82 Å². The number of aryl methyl sites for hydroxylation is 1. The van der Waals surface area contributed by atoms with E-state index in [9.17, 15) is 9.18 Å². The van der Waals surface area contributed by atoms with Gasteiger partial charge in [0.15, 0.2) is 0 Å². The van der Waals surface area contributed by atoms with E-state index in [1.807, 2.05) is 13.1 Å². The van der Waals surface area contributed by atoms with E-state index in [-0.39, 0.29) is 17.5 Å². The molecule has 1 saturated heterocycles. The molecule has 0 bridgehead atoms. The maximum absolute atomic E-state index is 14.1. The third-order valence-corrected chi connectivity index (χ3v) is 6.02. The van der Waals surface area contributed by atoms with Crippen LogP contribution in [0.1, 0.15) is 35.3 Å². The molecule has 4 nitrogen and oxygen atoms in total. The number of nitrogens with zero attached hydrogens (tertiary/aromatic N) is 3. The van der Waals surface area contributed by atoms with Gasteiger partial charge in [0.05, 0.1) is 0 Å². The molecular weight excluding hydrogens is 377 g/mol. The van der Waals surface area contributed by atoms with Crippen LogP contribution in [0.4, 0.5) is 4.39 Å². The summed E-state index contributed by atoms with van der Waals surface area (Å²) in [4.78, 5) is 21.6. The second-order valence-corrected chi connectivity index (χ2v) is 8.11. The molecule has 0 radical (unpaired) electrons. The molecule has 0 spiro atoms. The Morgan fingerprint density at radius 1 is 1.13 bits per heavy atom. The number of hydrogen-bond donors (Lipinski definition) is 0. The van der Waals surface area contributed by atoms with Crippen LogP contribution in [0.15, 0.2) is 60.7 Å². The summed E-state index contributed by atoms with van der Waals surface area (Å²) in [6, 6.07) is 19.0. The number of likely N-dealkylation sites (N-methyl/N-ethyl adjacent to an activating group) is 1. The minimum Gasteiger partial charge on any atom is -0.336 e. The van der Waals surface area contributed by atoms with Crippen molar-refractivity contribution in [1.29, 1.82) is 0 Å². The molecular formula is C25H28FN3O. The summed E-state index contributed by atoms with van der Waals surface area (Å²) in [7, 11) is 1.84. The van der Waals surface area contributed by atoms with E-state index in [2.05, 4.69) is 34.1 Å². The Morgan fingerprint density at radius 3 is 2.80 bits per heavy atom. The Balaban J connectivity index is 1.37. The van der Waals surface area contributed by atoms with Crippen LogP contribution in [-0.4, -0.2) is 53.4 Å². The number of piperidine rings is 1. The van der Waals surface area contributed by atoms with Gasteiger partial charge in [-0.2, -0.15) is 0 Å². The molecule has 4 rings (SSSR count). The van der Waals surface area contributed by atoms with Gasteiger partial charge in [0.25, 0.3) is 5.91 Å². The van der Waals surface area contributed by atoms with Crippen molar-refractivity contribution >= 4 is 16.8 Å². The highest BCUT2D eigenvalue weighted by Crippen LogP contribution is 2.20. The average molecular weight is 406 g/mol. The molecule has 0 unspecified atom stereocenters. The zero-order chi connectivity index (χ0) is 20.9. The average Bonchev–Trinajstić information content (AvgIpc) is 2.79. The molecule has 5 heteroatoms. The van der Waals surface area contributed by atoms with Gasteiger partial charge in [-0.3, -0.25) is 4.79 Å². The van der Waals surface area contributed by atoms with Crippen LogP contribution in [0.3, 0.4) is 0 Å². The number of amides is 1. The second-order valence-electron chi connectivity index (χ2n) is 8.11. The SMILES string of the molecule is CN(C(=O)c1ccc2cccc(F)c2n1)[C@H]1CCCN(CCCc2ccccc2)C1. The first-order valence-corrected chi connectivity index (χ1v) is 10.7. The number of pyridine rings is 1. The van der Waals surface area contributed by atoms with Gasteiger partial charge in [0.2, 0.25) is 0 Å². The summed E-state index contributed by atoms with van der Waals surface area (Å²) in [6.07, 6.45) is 4.25. The highest BCUT2D eigenvalue weighted by Gasteiger charge is 2.27. The lowest BCUT2D eigenvalue weighted by Gasteiger charge is -2.37. The van der Waals surface area contributed by atoms with Gasteiger partial charge in [0, 0.05) is 25.0 Å². The number of aromatic nitrogens is 1. The maximum atomic E-state index is 14.1. The molecule has 30 heavy (non-hydrogen) atoms. The zero-order valence-electron chi connectivity index (χ0n) is 17.4. The fourth-order valence-corrected chi connectivity index (χ4v) is 4.28. The molecule has 1 aliphatic heterocycles.